The van der Waals surface area contributed by atoms with Crippen molar-refractivity contribution in [1.82, 2.24) is 14.1 Å². The molecule has 2 unspecified atom stereocenters. The Bertz CT molecular complexity index is 1440. The summed E-state index contributed by atoms with van der Waals surface area (Å²) in [5.74, 6) is -3.40. The monoisotopic (exact) mass is 626 g/mol. The first-order valence-corrected chi connectivity index (χ1v) is 13.9. The molecule has 2 fully saturated rings. The maximum atomic E-state index is 13.9. The molecule has 4 rings (SSSR count). The summed E-state index contributed by atoms with van der Waals surface area (Å²) < 4.78 is 69.0. The van der Waals surface area contributed by atoms with Crippen molar-refractivity contribution < 1.29 is 36.0 Å². The van der Waals surface area contributed by atoms with Crippen molar-refractivity contribution in [2.45, 2.75) is 35.6 Å². The van der Waals surface area contributed by atoms with Gasteiger partial charge in [-0.15, -0.1) is 0 Å². The molecule has 2 aliphatic rings. The van der Waals surface area contributed by atoms with Crippen LogP contribution >= 0.6 is 34.8 Å². The van der Waals surface area contributed by atoms with Crippen molar-refractivity contribution in [3.8, 4) is 0 Å². The summed E-state index contributed by atoms with van der Waals surface area (Å²) in [4.78, 5) is 40.4. The predicted octanol–water partition coefficient (Wildman–Crippen LogP) is 3.07. The van der Waals surface area contributed by atoms with Crippen molar-refractivity contribution >= 4 is 62.5 Å². The Kier molecular flexibility index (Phi) is 7.87. The van der Waals surface area contributed by atoms with E-state index in [0.29, 0.717) is 24.7 Å². The summed E-state index contributed by atoms with van der Waals surface area (Å²) in [6.45, 7) is -3.56. The zero-order valence-corrected chi connectivity index (χ0v) is 22.9. The van der Waals surface area contributed by atoms with Gasteiger partial charge in [0.2, 0.25) is 27.5 Å². The smallest absolute Gasteiger partial charge is 0.366 e. The second-order valence-corrected chi connectivity index (χ2v) is 12.1. The highest BCUT2D eigenvalue weighted by Crippen LogP contribution is 2.41. The van der Waals surface area contributed by atoms with Crippen LogP contribution in [-0.2, 0) is 30.8 Å². The first-order valence-electron chi connectivity index (χ1n) is 11.3. The molecular formula is C23H20Cl3F3N4O5S. The highest BCUT2D eigenvalue weighted by molar-refractivity contribution is 7.89. The maximum absolute atomic E-state index is 13.9. The number of piperazine rings is 1. The van der Waals surface area contributed by atoms with Gasteiger partial charge < -0.3 is 15.5 Å². The number of hydrogen-bond acceptors (Lipinski definition) is 5. The number of nitrogens with two attached hydrogens (primary N) is 1. The number of rotatable bonds is 6. The molecule has 2 aliphatic heterocycles. The average molecular weight is 628 g/mol. The Morgan fingerprint density at radius 2 is 1.67 bits per heavy atom. The molecule has 2 heterocycles. The van der Waals surface area contributed by atoms with E-state index in [-0.39, 0.29) is 16.5 Å². The Balaban J connectivity index is 1.92. The maximum Gasteiger partial charge on any atom is 0.406 e. The van der Waals surface area contributed by atoms with Crippen LogP contribution in [0.25, 0.3) is 0 Å². The zero-order chi connectivity index (χ0) is 28.9. The van der Waals surface area contributed by atoms with Crippen LogP contribution in [0, 0.1) is 0 Å². The second kappa shape index (κ2) is 10.4. The molecule has 2 N–H and O–H groups in total. The molecule has 0 radical (unpaired) electrons. The number of nitrogens with zero attached hydrogens (tertiary/aromatic N) is 3. The van der Waals surface area contributed by atoms with Gasteiger partial charge in [-0.3, -0.25) is 14.4 Å². The summed E-state index contributed by atoms with van der Waals surface area (Å²) >= 11 is 17.9. The van der Waals surface area contributed by atoms with E-state index in [0.717, 1.165) is 12.1 Å². The van der Waals surface area contributed by atoms with Crippen LogP contribution < -0.4 is 5.73 Å². The fourth-order valence-corrected chi connectivity index (χ4v) is 7.47. The Morgan fingerprint density at radius 3 is 2.23 bits per heavy atom. The van der Waals surface area contributed by atoms with Gasteiger partial charge in [-0.05, 0) is 35.9 Å². The van der Waals surface area contributed by atoms with Gasteiger partial charge in [-0.25, -0.2) is 8.42 Å². The van der Waals surface area contributed by atoms with E-state index in [9.17, 15) is 36.0 Å². The SMILES string of the molecule is NC(=O)C12CN(CC(F)(F)F)C(=O)C(Cc3ccc(Cl)cc3)N1C(=O)CCN2S(=O)(=O)c1ccc(Cl)cc1Cl. The van der Waals surface area contributed by atoms with Crippen molar-refractivity contribution in [2.75, 3.05) is 19.6 Å². The molecular weight excluding hydrogens is 608 g/mol. The van der Waals surface area contributed by atoms with Crippen LogP contribution in [0.15, 0.2) is 47.4 Å². The molecule has 16 heteroatoms. The standard InChI is InChI=1S/C23H20Cl3F3N4O5S/c24-14-3-1-13(2-4-14)9-17-20(35)31(12-23(27,28)29)11-22(21(30)36)32(8-7-19(34)33(17)22)39(37,38)18-6-5-15(25)10-16(18)26/h1-6,10,17H,7-9,11-12H2,(H2,30,36). The number of fused-ring (bicyclic) bond motifs is 1. The third kappa shape index (κ3) is 5.42. The average Bonchev–Trinajstić information content (AvgIpc) is 2.81. The Morgan fingerprint density at radius 1 is 1.05 bits per heavy atom. The first kappa shape index (κ1) is 29.4. The number of amides is 3. The van der Waals surface area contributed by atoms with Gasteiger partial charge in [0.1, 0.15) is 17.5 Å². The second-order valence-electron chi connectivity index (χ2n) is 9.00. The minimum Gasteiger partial charge on any atom is -0.366 e. The van der Waals surface area contributed by atoms with Gasteiger partial charge in [-0.2, -0.15) is 17.5 Å². The van der Waals surface area contributed by atoms with Gasteiger partial charge in [0.15, 0.2) is 0 Å². The molecule has 0 aliphatic carbocycles. The predicted molar refractivity (Wildman–Crippen MR) is 135 cm³/mol. The molecule has 2 aromatic carbocycles. The normalized spacial score (nSPS) is 22.7. The quantitative estimate of drug-likeness (QED) is 0.528. The fraction of sp³-hybridized carbons (Fsp3) is 0.348. The molecule has 0 saturated carbocycles. The van der Waals surface area contributed by atoms with Gasteiger partial charge in [0.25, 0.3) is 5.91 Å². The van der Waals surface area contributed by atoms with Crippen LogP contribution in [-0.4, -0.2) is 77.8 Å². The molecule has 0 bridgehead atoms. The van der Waals surface area contributed by atoms with E-state index < -0.39 is 76.6 Å². The molecule has 39 heavy (non-hydrogen) atoms. The molecule has 3 amide bonds. The van der Waals surface area contributed by atoms with E-state index in [4.69, 9.17) is 40.5 Å². The largest absolute Gasteiger partial charge is 0.406 e. The molecule has 2 atom stereocenters. The summed E-state index contributed by atoms with van der Waals surface area (Å²) in [5, 5.41) is 0.106. The number of carbonyl (C=O) groups excluding carboxylic acids is 3. The van der Waals surface area contributed by atoms with E-state index in [2.05, 4.69) is 0 Å². The minimum absolute atomic E-state index is 0.0988. The molecule has 2 aromatic rings. The van der Waals surface area contributed by atoms with Crippen LogP contribution in [0.2, 0.25) is 15.1 Å². The van der Waals surface area contributed by atoms with Crippen LogP contribution in [0.1, 0.15) is 12.0 Å². The number of carbonyl (C=O) groups is 3. The summed E-state index contributed by atoms with van der Waals surface area (Å²) in [5.41, 5.74) is 3.42. The van der Waals surface area contributed by atoms with E-state index in [1.54, 1.807) is 0 Å². The lowest BCUT2D eigenvalue weighted by atomic mass is 9.91. The minimum atomic E-state index is -4.91. The number of primary amides is 1. The summed E-state index contributed by atoms with van der Waals surface area (Å²) in [6.07, 6.45) is -5.74. The lowest BCUT2D eigenvalue weighted by Crippen LogP contribution is -2.83. The molecule has 2 saturated heterocycles. The first-order chi connectivity index (χ1) is 18.1. The molecule has 0 spiro atoms. The van der Waals surface area contributed by atoms with Crippen LogP contribution in [0.3, 0.4) is 0 Å². The Labute approximate surface area is 236 Å². The molecule has 9 nitrogen and oxygen atoms in total. The van der Waals surface area contributed by atoms with Crippen LogP contribution in [0.5, 0.6) is 0 Å². The number of hydrogen-bond donors (Lipinski definition) is 1. The van der Waals surface area contributed by atoms with Crippen molar-refractivity contribution in [3.05, 3.63) is 63.1 Å². The van der Waals surface area contributed by atoms with Gasteiger partial charge in [-0.1, -0.05) is 46.9 Å². The number of alkyl halides is 3. The molecule has 210 valence electrons. The fourth-order valence-electron chi connectivity index (χ4n) is 4.90. The van der Waals surface area contributed by atoms with E-state index >= 15 is 0 Å². The van der Waals surface area contributed by atoms with Crippen molar-refractivity contribution in [3.63, 3.8) is 0 Å². The lowest BCUT2D eigenvalue weighted by molar-refractivity contribution is -0.197. The highest BCUT2D eigenvalue weighted by Gasteiger charge is 2.64. The topological polar surface area (TPSA) is 121 Å². The third-order valence-electron chi connectivity index (χ3n) is 6.50. The number of halogens is 6. The lowest BCUT2D eigenvalue weighted by Gasteiger charge is -2.57. The van der Waals surface area contributed by atoms with Crippen molar-refractivity contribution in [2.24, 2.45) is 5.73 Å². The summed E-state index contributed by atoms with van der Waals surface area (Å²) in [7, 11) is -4.78. The summed E-state index contributed by atoms with van der Waals surface area (Å²) in [6, 6.07) is 7.62. The van der Waals surface area contributed by atoms with Gasteiger partial charge >= 0.3 is 6.18 Å². The van der Waals surface area contributed by atoms with Crippen molar-refractivity contribution in [1.29, 1.82) is 0 Å². The third-order valence-corrected chi connectivity index (χ3v) is 9.39. The Hall–Kier alpha value is -2.58. The number of benzene rings is 2. The highest BCUT2D eigenvalue weighted by atomic mass is 35.5. The van der Waals surface area contributed by atoms with E-state index in [1.807, 2.05) is 0 Å². The van der Waals surface area contributed by atoms with Crippen LogP contribution in [0.4, 0.5) is 13.2 Å². The zero-order valence-electron chi connectivity index (χ0n) is 19.8. The van der Waals surface area contributed by atoms with Gasteiger partial charge in [0.05, 0.1) is 11.6 Å². The van der Waals surface area contributed by atoms with Gasteiger partial charge in [0, 0.05) is 29.4 Å². The molecule has 0 aromatic heterocycles. The van der Waals surface area contributed by atoms with E-state index in [1.165, 1.54) is 30.3 Å². The number of sulfonamides is 1.